The van der Waals surface area contributed by atoms with E-state index < -0.39 is 11.6 Å². The van der Waals surface area contributed by atoms with Crippen molar-refractivity contribution in [1.82, 2.24) is 4.90 Å². The van der Waals surface area contributed by atoms with Crippen LogP contribution in [0.3, 0.4) is 0 Å². The Balaban J connectivity index is 1.72. The molecule has 0 fully saturated rings. The molecule has 4 N–H and O–H groups in total. The van der Waals surface area contributed by atoms with Crippen LogP contribution in [-0.2, 0) is 6.54 Å². The Morgan fingerprint density at radius 3 is 2.29 bits per heavy atom. The number of benzene rings is 3. The Hall–Kier alpha value is -3.87. The van der Waals surface area contributed by atoms with Crippen LogP contribution in [0.4, 0.5) is 10.5 Å². The highest BCUT2D eigenvalue weighted by Gasteiger charge is 2.26. The van der Waals surface area contributed by atoms with Gasteiger partial charge in [-0.3, -0.25) is 9.69 Å². The van der Waals surface area contributed by atoms with Crippen LogP contribution in [0, 0.1) is 0 Å². The van der Waals surface area contributed by atoms with Gasteiger partial charge in [0.05, 0.1) is 6.21 Å². The van der Waals surface area contributed by atoms with E-state index in [1.807, 2.05) is 57.2 Å². The number of carboxylic acid groups (broad SMARTS) is 1. The smallest absolute Gasteiger partial charge is 0.408 e. The van der Waals surface area contributed by atoms with Crippen LogP contribution in [0.1, 0.15) is 42.3 Å². The molecule has 0 spiro atoms. The molecule has 0 aliphatic carbocycles. The van der Waals surface area contributed by atoms with E-state index in [1.165, 1.54) is 4.90 Å². The van der Waals surface area contributed by atoms with Gasteiger partial charge in [-0.2, -0.15) is 5.10 Å². The van der Waals surface area contributed by atoms with E-state index >= 15 is 0 Å². The second-order valence-electron chi connectivity index (χ2n) is 8.29. The summed E-state index contributed by atoms with van der Waals surface area (Å²) >= 11 is 0. The molecule has 31 heavy (non-hydrogen) atoms. The molecule has 0 radical (unpaired) electrons. The molecule has 160 valence electrons. The first kappa shape index (κ1) is 21.8. The predicted octanol–water partition coefficient (Wildman–Crippen LogP) is 4.66. The van der Waals surface area contributed by atoms with Crippen LogP contribution in [0.15, 0.2) is 65.8 Å². The number of carbonyl (C=O) groups is 2. The summed E-state index contributed by atoms with van der Waals surface area (Å²) in [6, 6.07) is 18.4. The molecule has 3 aromatic carbocycles. The SMILES string of the molecule is CC(C)(C)N(Cc1ccc(C(=O)Nc2ccc3cc(C=NN)ccc3c2)cc1)C(=O)O. The van der Waals surface area contributed by atoms with Gasteiger partial charge in [0.15, 0.2) is 0 Å². The third kappa shape index (κ3) is 5.39. The number of nitrogens with two attached hydrogens (primary N) is 1. The lowest BCUT2D eigenvalue weighted by molar-refractivity contribution is 0.0953. The highest BCUT2D eigenvalue weighted by atomic mass is 16.4. The van der Waals surface area contributed by atoms with Gasteiger partial charge in [-0.25, -0.2) is 4.79 Å². The molecule has 0 aromatic heterocycles. The van der Waals surface area contributed by atoms with Gasteiger partial charge >= 0.3 is 6.09 Å². The van der Waals surface area contributed by atoms with E-state index in [2.05, 4.69) is 10.4 Å². The molecular formula is C24H26N4O3. The van der Waals surface area contributed by atoms with E-state index in [-0.39, 0.29) is 12.5 Å². The monoisotopic (exact) mass is 418 g/mol. The van der Waals surface area contributed by atoms with Gasteiger partial charge < -0.3 is 16.3 Å². The lowest BCUT2D eigenvalue weighted by Crippen LogP contribution is -2.44. The number of nitrogens with zero attached hydrogens (tertiary/aromatic N) is 2. The first-order valence-corrected chi connectivity index (χ1v) is 9.85. The number of fused-ring (bicyclic) bond motifs is 1. The van der Waals surface area contributed by atoms with Crippen LogP contribution in [0.2, 0.25) is 0 Å². The Morgan fingerprint density at radius 2 is 1.68 bits per heavy atom. The van der Waals surface area contributed by atoms with E-state index in [9.17, 15) is 14.7 Å². The minimum atomic E-state index is -0.979. The second-order valence-corrected chi connectivity index (χ2v) is 8.29. The largest absolute Gasteiger partial charge is 0.465 e. The molecule has 3 aromatic rings. The minimum Gasteiger partial charge on any atom is -0.465 e. The quantitative estimate of drug-likeness (QED) is 0.318. The molecule has 0 unspecified atom stereocenters. The van der Waals surface area contributed by atoms with Crippen molar-refractivity contribution in [1.29, 1.82) is 0 Å². The lowest BCUT2D eigenvalue weighted by atomic mass is 10.0. The van der Waals surface area contributed by atoms with Gasteiger partial charge in [-0.15, -0.1) is 0 Å². The zero-order valence-corrected chi connectivity index (χ0v) is 17.8. The van der Waals surface area contributed by atoms with E-state index in [0.717, 1.165) is 21.9 Å². The van der Waals surface area contributed by atoms with Crippen molar-refractivity contribution in [3.05, 3.63) is 77.4 Å². The van der Waals surface area contributed by atoms with Gasteiger partial charge in [0.1, 0.15) is 0 Å². The fourth-order valence-electron chi connectivity index (χ4n) is 3.25. The van der Waals surface area contributed by atoms with Crippen molar-refractivity contribution >= 4 is 34.7 Å². The number of hydrogen-bond acceptors (Lipinski definition) is 4. The summed E-state index contributed by atoms with van der Waals surface area (Å²) in [6.07, 6.45) is 0.601. The van der Waals surface area contributed by atoms with E-state index in [1.54, 1.807) is 30.5 Å². The van der Waals surface area contributed by atoms with Crippen LogP contribution < -0.4 is 11.2 Å². The Morgan fingerprint density at radius 1 is 1.03 bits per heavy atom. The van der Waals surface area contributed by atoms with Crippen molar-refractivity contribution in [2.45, 2.75) is 32.9 Å². The van der Waals surface area contributed by atoms with Crippen molar-refractivity contribution in [2.75, 3.05) is 5.32 Å². The molecule has 0 aliphatic heterocycles. The summed E-state index contributed by atoms with van der Waals surface area (Å²) in [5.41, 5.74) is 2.38. The summed E-state index contributed by atoms with van der Waals surface area (Å²) in [5, 5.41) is 17.9. The zero-order valence-electron chi connectivity index (χ0n) is 17.8. The Bertz CT molecular complexity index is 1130. The molecule has 0 atom stereocenters. The summed E-state index contributed by atoms with van der Waals surface area (Å²) in [4.78, 5) is 25.5. The maximum atomic E-state index is 12.6. The third-order valence-electron chi connectivity index (χ3n) is 4.94. The first-order chi connectivity index (χ1) is 14.7. The van der Waals surface area contributed by atoms with Crippen molar-refractivity contribution in [3.8, 4) is 0 Å². The molecular weight excluding hydrogens is 392 g/mol. The molecule has 0 bridgehead atoms. The lowest BCUT2D eigenvalue weighted by Gasteiger charge is -2.33. The maximum Gasteiger partial charge on any atom is 0.408 e. The van der Waals surface area contributed by atoms with Crippen LogP contribution in [0.5, 0.6) is 0 Å². The molecule has 7 heteroatoms. The maximum absolute atomic E-state index is 12.6. The molecule has 0 aliphatic rings. The highest BCUT2D eigenvalue weighted by molar-refractivity contribution is 6.05. The molecule has 0 saturated heterocycles. The minimum absolute atomic E-state index is 0.233. The van der Waals surface area contributed by atoms with Crippen LogP contribution >= 0.6 is 0 Å². The molecule has 0 saturated carbocycles. The molecule has 7 nitrogen and oxygen atoms in total. The zero-order chi connectivity index (χ0) is 22.6. The van der Waals surface area contributed by atoms with Gasteiger partial charge in [-0.05, 0) is 73.0 Å². The van der Waals surface area contributed by atoms with Gasteiger partial charge in [0.2, 0.25) is 0 Å². The topological polar surface area (TPSA) is 108 Å². The number of amides is 2. The summed E-state index contributed by atoms with van der Waals surface area (Å²) in [7, 11) is 0. The third-order valence-corrected chi connectivity index (χ3v) is 4.94. The summed E-state index contributed by atoms with van der Waals surface area (Å²) in [6.45, 7) is 5.79. The predicted molar refractivity (Wildman–Crippen MR) is 123 cm³/mol. The van der Waals surface area contributed by atoms with Gasteiger partial charge in [0.25, 0.3) is 5.91 Å². The number of hydrogen-bond donors (Lipinski definition) is 3. The highest BCUT2D eigenvalue weighted by Crippen LogP contribution is 2.22. The standard InChI is InChI=1S/C24H26N4O3/c1-24(2,3)28(23(30)31)15-16-4-7-18(8-5-16)22(29)27-21-11-10-19-12-17(14-26-25)6-9-20(19)13-21/h4-14H,15,25H2,1-3H3,(H,27,29)(H,30,31). The van der Waals surface area contributed by atoms with E-state index in [4.69, 9.17) is 5.84 Å². The summed E-state index contributed by atoms with van der Waals surface area (Å²) in [5.74, 6) is 4.96. The fourth-order valence-corrected chi connectivity index (χ4v) is 3.25. The second kappa shape index (κ2) is 8.87. The number of hydrazone groups is 1. The van der Waals surface area contributed by atoms with Crippen LogP contribution in [0.25, 0.3) is 10.8 Å². The van der Waals surface area contributed by atoms with E-state index in [0.29, 0.717) is 11.3 Å². The van der Waals surface area contributed by atoms with Crippen molar-refractivity contribution in [3.63, 3.8) is 0 Å². The molecule has 0 heterocycles. The Kier molecular flexibility index (Phi) is 6.25. The normalized spacial score (nSPS) is 11.6. The Labute approximate surface area is 181 Å². The molecule has 3 rings (SSSR count). The van der Waals surface area contributed by atoms with Gasteiger partial charge in [-0.1, -0.05) is 30.3 Å². The number of anilines is 1. The number of rotatable bonds is 5. The fraction of sp³-hybridized carbons (Fsp3) is 0.208. The summed E-state index contributed by atoms with van der Waals surface area (Å²) < 4.78 is 0. The first-order valence-electron chi connectivity index (χ1n) is 9.85. The van der Waals surface area contributed by atoms with Crippen LogP contribution in [-0.4, -0.2) is 33.8 Å². The van der Waals surface area contributed by atoms with Crippen molar-refractivity contribution < 1.29 is 14.7 Å². The average molecular weight is 418 g/mol. The van der Waals surface area contributed by atoms with Crippen molar-refractivity contribution in [2.24, 2.45) is 10.9 Å². The molecule has 2 amide bonds. The number of carbonyl (C=O) groups excluding carboxylic acids is 1. The number of nitrogens with one attached hydrogen (secondary N) is 1. The van der Waals surface area contributed by atoms with Gasteiger partial charge in [0, 0.05) is 23.3 Å². The average Bonchev–Trinajstić information content (AvgIpc) is 2.71.